The highest BCUT2D eigenvalue weighted by atomic mass is 35.5. The van der Waals surface area contributed by atoms with Crippen molar-refractivity contribution in [3.05, 3.63) is 64.7 Å². The highest BCUT2D eigenvalue weighted by molar-refractivity contribution is 7.89. The summed E-state index contributed by atoms with van der Waals surface area (Å²) in [6.45, 7) is 2.98. The van der Waals surface area contributed by atoms with Crippen LogP contribution < -0.4 is 0 Å². The number of carbonyl (C=O) groups is 2. The van der Waals surface area contributed by atoms with Crippen molar-refractivity contribution in [1.82, 2.24) is 14.1 Å². The molecule has 2 fully saturated rings. The summed E-state index contributed by atoms with van der Waals surface area (Å²) < 4.78 is 27.1. The van der Waals surface area contributed by atoms with Crippen molar-refractivity contribution in [2.45, 2.75) is 30.6 Å². The topological polar surface area (TPSA) is 78.0 Å². The molecule has 2 heterocycles. The number of hydrogen-bond acceptors (Lipinski definition) is 4. The molecule has 7 nitrogen and oxygen atoms in total. The quantitative estimate of drug-likeness (QED) is 0.646. The Morgan fingerprint density at radius 2 is 1.45 bits per heavy atom. The number of hydrogen-bond donors (Lipinski definition) is 0. The first-order chi connectivity index (χ1) is 15.8. The van der Waals surface area contributed by atoms with E-state index in [1.807, 2.05) is 0 Å². The third kappa shape index (κ3) is 5.57. The lowest BCUT2D eigenvalue weighted by atomic mass is 10.1. The number of benzene rings is 2. The van der Waals surface area contributed by atoms with E-state index in [-0.39, 0.29) is 23.1 Å². The second-order valence-electron chi connectivity index (χ2n) is 8.47. The van der Waals surface area contributed by atoms with Crippen molar-refractivity contribution < 1.29 is 18.0 Å². The number of rotatable bonds is 5. The third-order valence-corrected chi connectivity index (χ3v) is 8.37. The Hall–Kier alpha value is -2.42. The molecule has 2 amide bonds. The monoisotopic (exact) mass is 489 g/mol. The Morgan fingerprint density at radius 1 is 0.818 bits per heavy atom. The smallest absolute Gasteiger partial charge is 0.254 e. The van der Waals surface area contributed by atoms with Crippen LogP contribution in [-0.4, -0.2) is 73.6 Å². The summed E-state index contributed by atoms with van der Waals surface area (Å²) >= 11 is 5.98. The fourth-order valence-corrected chi connectivity index (χ4v) is 5.99. The molecule has 0 atom stereocenters. The first kappa shape index (κ1) is 23.7. The fraction of sp³-hybridized carbons (Fsp3) is 0.417. The van der Waals surface area contributed by atoms with E-state index >= 15 is 0 Å². The second-order valence-corrected chi connectivity index (χ2v) is 10.8. The van der Waals surface area contributed by atoms with Gasteiger partial charge < -0.3 is 9.80 Å². The Bertz CT molecular complexity index is 1110. The van der Waals surface area contributed by atoms with Crippen LogP contribution in [0.15, 0.2) is 53.4 Å². The molecule has 2 aromatic carbocycles. The van der Waals surface area contributed by atoms with E-state index in [9.17, 15) is 18.0 Å². The van der Waals surface area contributed by atoms with Gasteiger partial charge >= 0.3 is 0 Å². The molecule has 0 unspecified atom stereocenters. The zero-order valence-corrected chi connectivity index (χ0v) is 20.0. The van der Waals surface area contributed by atoms with Gasteiger partial charge in [0.05, 0.1) is 11.3 Å². The molecule has 0 saturated carbocycles. The summed E-state index contributed by atoms with van der Waals surface area (Å²) in [6.07, 6.45) is 3.05. The van der Waals surface area contributed by atoms with E-state index in [1.165, 1.54) is 0 Å². The van der Waals surface area contributed by atoms with E-state index in [0.717, 1.165) is 24.8 Å². The molecule has 2 aliphatic heterocycles. The van der Waals surface area contributed by atoms with E-state index in [2.05, 4.69) is 0 Å². The summed E-state index contributed by atoms with van der Waals surface area (Å²) in [5, 5.41) is 0.518. The van der Waals surface area contributed by atoms with Gasteiger partial charge in [-0.1, -0.05) is 36.2 Å². The largest absolute Gasteiger partial charge is 0.339 e. The maximum absolute atomic E-state index is 12.8. The van der Waals surface area contributed by atoms with Gasteiger partial charge in [-0.3, -0.25) is 9.59 Å². The maximum Gasteiger partial charge on any atom is 0.254 e. The minimum Gasteiger partial charge on any atom is -0.339 e. The summed E-state index contributed by atoms with van der Waals surface area (Å²) in [7, 11) is -3.48. The highest BCUT2D eigenvalue weighted by Crippen LogP contribution is 2.21. The van der Waals surface area contributed by atoms with E-state index in [1.54, 1.807) is 62.6 Å². The van der Waals surface area contributed by atoms with Crippen LogP contribution in [0.5, 0.6) is 0 Å². The first-order valence-electron chi connectivity index (χ1n) is 11.3. The molecular weight excluding hydrogens is 462 g/mol. The molecule has 2 saturated heterocycles. The number of sulfonamides is 1. The van der Waals surface area contributed by atoms with Crippen LogP contribution in [0, 0.1) is 0 Å². The van der Waals surface area contributed by atoms with Crippen molar-refractivity contribution in [3.63, 3.8) is 0 Å². The lowest BCUT2D eigenvalue weighted by Crippen LogP contribution is -2.51. The minimum atomic E-state index is -3.48. The predicted molar refractivity (Wildman–Crippen MR) is 127 cm³/mol. The molecule has 0 radical (unpaired) electrons. The van der Waals surface area contributed by atoms with Gasteiger partial charge in [-0.15, -0.1) is 0 Å². The van der Waals surface area contributed by atoms with Crippen LogP contribution in [0.25, 0.3) is 0 Å². The molecule has 176 valence electrons. The van der Waals surface area contributed by atoms with Crippen LogP contribution in [0.3, 0.4) is 0 Å². The number of carbonyl (C=O) groups excluding carboxylic acids is 2. The summed E-state index contributed by atoms with van der Waals surface area (Å²) in [6, 6.07) is 13.5. The lowest BCUT2D eigenvalue weighted by Gasteiger charge is -2.35. The number of amides is 2. The normalized spacial score (nSPS) is 17.7. The van der Waals surface area contributed by atoms with Gasteiger partial charge in [0.15, 0.2) is 0 Å². The summed E-state index contributed by atoms with van der Waals surface area (Å²) in [4.78, 5) is 29.2. The van der Waals surface area contributed by atoms with E-state index in [0.29, 0.717) is 49.9 Å². The lowest BCUT2D eigenvalue weighted by molar-refractivity contribution is -0.131. The van der Waals surface area contributed by atoms with Crippen molar-refractivity contribution in [3.8, 4) is 0 Å². The van der Waals surface area contributed by atoms with Crippen molar-refractivity contribution in [2.75, 3.05) is 39.3 Å². The molecule has 2 aromatic rings. The van der Waals surface area contributed by atoms with Crippen molar-refractivity contribution in [1.29, 1.82) is 0 Å². The first-order valence-corrected chi connectivity index (χ1v) is 13.1. The third-order valence-electron chi connectivity index (χ3n) is 6.22. The summed E-state index contributed by atoms with van der Waals surface area (Å²) in [5.41, 5.74) is 1.32. The molecule has 2 aliphatic rings. The van der Waals surface area contributed by atoms with E-state index < -0.39 is 10.0 Å². The van der Waals surface area contributed by atoms with Gasteiger partial charge in [0.2, 0.25) is 15.9 Å². The second kappa shape index (κ2) is 10.2. The molecule has 33 heavy (non-hydrogen) atoms. The molecule has 9 heteroatoms. The minimum absolute atomic E-state index is 0.0310. The van der Waals surface area contributed by atoms with Crippen LogP contribution in [0.4, 0.5) is 0 Å². The number of piperidine rings is 1. The standard InChI is InChI=1S/C24H28ClN3O4S/c25-21-6-4-5-20(18-21)24(30)27-15-13-26(14-16-27)23(29)17-19-7-9-22(10-8-19)33(31,32)28-11-2-1-3-12-28/h4-10,18H,1-3,11-17H2. The Kier molecular flexibility index (Phi) is 7.36. The van der Waals surface area contributed by atoms with Gasteiger partial charge in [0.1, 0.15) is 0 Å². The van der Waals surface area contributed by atoms with Gasteiger partial charge in [-0.05, 0) is 48.7 Å². The van der Waals surface area contributed by atoms with Crippen LogP contribution in [-0.2, 0) is 21.2 Å². The average molecular weight is 490 g/mol. The van der Waals surface area contributed by atoms with Crippen molar-refractivity contribution in [2.24, 2.45) is 0 Å². The number of nitrogens with zero attached hydrogens (tertiary/aromatic N) is 3. The molecule has 0 N–H and O–H groups in total. The SMILES string of the molecule is O=C(Cc1ccc(S(=O)(=O)N2CCCCC2)cc1)N1CCN(C(=O)c2cccc(Cl)c2)CC1. The van der Waals surface area contributed by atoms with Crippen LogP contribution in [0.2, 0.25) is 5.02 Å². The molecule has 4 rings (SSSR count). The Morgan fingerprint density at radius 3 is 2.09 bits per heavy atom. The van der Waals surface area contributed by atoms with Gasteiger partial charge in [0, 0.05) is 49.9 Å². The van der Waals surface area contributed by atoms with E-state index in [4.69, 9.17) is 11.6 Å². The zero-order valence-electron chi connectivity index (χ0n) is 18.5. The van der Waals surface area contributed by atoms with Gasteiger partial charge in [-0.25, -0.2) is 8.42 Å². The number of piperazine rings is 1. The molecule has 0 aromatic heterocycles. The average Bonchev–Trinajstić information content (AvgIpc) is 2.84. The number of halogens is 1. The summed E-state index contributed by atoms with van der Waals surface area (Å²) in [5.74, 6) is -0.119. The van der Waals surface area contributed by atoms with Crippen LogP contribution in [0.1, 0.15) is 35.2 Å². The fourth-order valence-electron chi connectivity index (χ4n) is 4.28. The molecule has 0 bridgehead atoms. The molecule has 0 aliphatic carbocycles. The predicted octanol–water partition coefficient (Wildman–Crippen LogP) is 3.04. The Balaban J connectivity index is 1.31. The molecule has 0 spiro atoms. The van der Waals surface area contributed by atoms with Crippen molar-refractivity contribution >= 4 is 33.4 Å². The van der Waals surface area contributed by atoms with Gasteiger partial charge in [0.25, 0.3) is 5.91 Å². The van der Waals surface area contributed by atoms with Crippen LogP contribution >= 0.6 is 11.6 Å². The van der Waals surface area contributed by atoms with Gasteiger partial charge in [-0.2, -0.15) is 4.31 Å². The zero-order chi connectivity index (χ0) is 23.4. The molecular formula is C24H28ClN3O4S. The highest BCUT2D eigenvalue weighted by Gasteiger charge is 2.27. The Labute approximate surface area is 200 Å². The maximum atomic E-state index is 12.8.